The molecule has 0 saturated carbocycles. The van der Waals surface area contributed by atoms with Crippen molar-refractivity contribution in [2.24, 2.45) is 0 Å². The lowest BCUT2D eigenvalue weighted by Gasteiger charge is -2.24. The molecule has 4 nitrogen and oxygen atoms in total. The van der Waals surface area contributed by atoms with Gasteiger partial charge in [-0.25, -0.2) is 0 Å². The van der Waals surface area contributed by atoms with Crippen molar-refractivity contribution in [1.29, 1.82) is 0 Å². The summed E-state index contributed by atoms with van der Waals surface area (Å²) in [5, 5.41) is 5.81. The van der Waals surface area contributed by atoms with Gasteiger partial charge in [0.1, 0.15) is 0 Å². The Morgan fingerprint density at radius 1 is 1.11 bits per heavy atom. The van der Waals surface area contributed by atoms with E-state index in [4.69, 9.17) is 9.47 Å². The molecule has 0 aliphatic carbocycles. The molecule has 0 unspecified atom stereocenters. The van der Waals surface area contributed by atoms with E-state index in [2.05, 4.69) is 68.7 Å². The van der Waals surface area contributed by atoms with Gasteiger partial charge in [0, 0.05) is 35.7 Å². The summed E-state index contributed by atoms with van der Waals surface area (Å²) in [6.07, 6.45) is 2.08. The first-order valence-electron chi connectivity index (χ1n) is 9.52. The monoisotopic (exact) mass is 428 g/mol. The van der Waals surface area contributed by atoms with Crippen LogP contribution in [0.5, 0.6) is 0 Å². The molecule has 0 amide bonds. The number of halogens is 1. The van der Waals surface area contributed by atoms with Crippen LogP contribution in [0.4, 0.5) is 5.69 Å². The Hall–Kier alpha value is -1.82. The number of H-pyrrole nitrogens is 1. The minimum absolute atomic E-state index is 0.448. The van der Waals surface area contributed by atoms with E-state index >= 15 is 0 Å². The fourth-order valence-electron chi connectivity index (χ4n) is 3.58. The number of hydrogen-bond acceptors (Lipinski definition) is 3. The van der Waals surface area contributed by atoms with E-state index in [1.54, 1.807) is 0 Å². The number of benzene rings is 2. The lowest BCUT2D eigenvalue weighted by molar-refractivity contribution is 0.0904. The molecule has 2 aromatic carbocycles. The van der Waals surface area contributed by atoms with Crippen LogP contribution < -0.4 is 5.32 Å². The highest BCUT2D eigenvalue weighted by Gasteiger charge is 2.16. The summed E-state index contributed by atoms with van der Waals surface area (Å²) < 4.78 is 11.3. The second kappa shape index (κ2) is 8.91. The number of fused-ring (bicyclic) bond motifs is 1. The topological polar surface area (TPSA) is 46.3 Å². The van der Waals surface area contributed by atoms with Gasteiger partial charge in [0.05, 0.1) is 24.4 Å². The molecule has 0 atom stereocenters. The first-order chi connectivity index (χ1) is 13.3. The molecule has 1 fully saturated rings. The summed E-state index contributed by atoms with van der Waals surface area (Å²) >= 11 is 3.42. The highest BCUT2D eigenvalue weighted by molar-refractivity contribution is 9.09. The summed E-state index contributed by atoms with van der Waals surface area (Å²) in [6, 6.07) is 17.6. The van der Waals surface area contributed by atoms with Crippen LogP contribution in [0.25, 0.3) is 22.2 Å². The third kappa shape index (κ3) is 4.54. The van der Waals surface area contributed by atoms with Crippen molar-refractivity contribution >= 4 is 32.5 Å². The largest absolute Gasteiger partial charge is 0.381 e. The van der Waals surface area contributed by atoms with Gasteiger partial charge in [-0.15, -0.1) is 0 Å². The van der Waals surface area contributed by atoms with E-state index in [0.29, 0.717) is 19.3 Å². The Bertz CT molecular complexity index is 873. The molecule has 0 radical (unpaired) electrons. The van der Waals surface area contributed by atoms with Crippen LogP contribution in [0.15, 0.2) is 48.5 Å². The number of rotatable bonds is 7. The van der Waals surface area contributed by atoms with Gasteiger partial charge in [-0.05, 0) is 42.2 Å². The molecule has 4 rings (SSSR count). The molecule has 1 aliphatic rings. The fourth-order valence-corrected chi connectivity index (χ4v) is 3.81. The molecular formula is C22H25BrN2O2. The highest BCUT2D eigenvalue weighted by atomic mass is 79.9. The number of alkyl halides is 1. The van der Waals surface area contributed by atoms with Gasteiger partial charge in [0.2, 0.25) is 0 Å². The first-order valence-corrected chi connectivity index (χ1v) is 10.6. The SMILES string of the molecule is BrCCOCc1cc(NC2CCOCC2)c2[nH]c(-c3ccccc3)cc2c1. The maximum absolute atomic E-state index is 5.75. The molecule has 3 aromatic rings. The van der Waals surface area contributed by atoms with Crippen LogP contribution in [-0.4, -0.2) is 36.2 Å². The van der Waals surface area contributed by atoms with Crippen molar-refractivity contribution < 1.29 is 9.47 Å². The lowest BCUT2D eigenvalue weighted by atomic mass is 10.1. The first kappa shape index (κ1) is 18.5. The normalized spacial score (nSPS) is 15.3. The quantitative estimate of drug-likeness (QED) is 0.394. The summed E-state index contributed by atoms with van der Waals surface area (Å²) in [6.45, 7) is 2.99. The van der Waals surface area contributed by atoms with Crippen LogP contribution in [0.2, 0.25) is 0 Å². The van der Waals surface area contributed by atoms with E-state index in [9.17, 15) is 0 Å². The van der Waals surface area contributed by atoms with Crippen LogP contribution in [0, 0.1) is 0 Å². The van der Waals surface area contributed by atoms with Gasteiger partial charge in [-0.1, -0.05) is 46.3 Å². The summed E-state index contributed by atoms with van der Waals surface area (Å²) in [5.74, 6) is 0. The third-order valence-electron chi connectivity index (χ3n) is 4.94. The van der Waals surface area contributed by atoms with E-state index in [0.717, 1.165) is 48.3 Å². The Labute approximate surface area is 168 Å². The zero-order valence-electron chi connectivity index (χ0n) is 15.3. The molecule has 1 saturated heterocycles. The zero-order valence-corrected chi connectivity index (χ0v) is 16.9. The molecule has 1 aliphatic heterocycles. The molecule has 0 bridgehead atoms. The van der Waals surface area contributed by atoms with Gasteiger partial charge in [0.25, 0.3) is 0 Å². The van der Waals surface area contributed by atoms with E-state index in [1.807, 2.05) is 6.07 Å². The second-order valence-corrected chi connectivity index (χ2v) is 7.72. The van der Waals surface area contributed by atoms with Crippen molar-refractivity contribution in [3.05, 3.63) is 54.1 Å². The van der Waals surface area contributed by atoms with Gasteiger partial charge >= 0.3 is 0 Å². The van der Waals surface area contributed by atoms with E-state index < -0.39 is 0 Å². The maximum Gasteiger partial charge on any atom is 0.0718 e. The van der Waals surface area contributed by atoms with Crippen LogP contribution in [-0.2, 0) is 16.1 Å². The number of hydrogen-bond donors (Lipinski definition) is 2. The summed E-state index contributed by atoms with van der Waals surface area (Å²) in [5.41, 5.74) is 5.84. The summed E-state index contributed by atoms with van der Waals surface area (Å²) in [4.78, 5) is 3.62. The minimum atomic E-state index is 0.448. The fraction of sp³-hybridized carbons (Fsp3) is 0.364. The zero-order chi connectivity index (χ0) is 18.5. The van der Waals surface area contributed by atoms with Gasteiger partial charge < -0.3 is 19.8 Å². The average molecular weight is 429 g/mol. The average Bonchev–Trinajstić information content (AvgIpc) is 3.14. The molecule has 0 spiro atoms. The molecule has 142 valence electrons. The molecule has 2 N–H and O–H groups in total. The van der Waals surface area contributed by atoms with Crippen molar-refractivity contribution in [3.63, 3.8) is 0 Å². The van der Waals surface area contributed by atoms with Crippen LogP contribution >= 0.6 is 15.9 Å². The van der Waals surface area contributed by atoms with Gasteiger partial charge in [0.15, 0.2) is 0 Å². The van der Waals surface area contributed by atoms with E-state index in [-0.39, 0.29) is 0 Å². The van der Waals surface area contributed by atoms with Gasteiger partial charge in [-0.2, -0.15) is 0 Å². The summed E-state index contributed by atoms with van der Waals surface area (Å²) in [7, 11) is 0. The molecule has 1 aromatic heterocycles. The predicted molar refractivity (Wildman–Crippen MR) is 115 cm³/mol. The van der Waals surface area contributed by atoms with Crippen molar-refractivity contribution in [1.82, 2.24) is 4.98 Å². The lowest BCUT2D eigenvalue weighted by Crippen LogP contribution is -2.28. The number of nitrogens with one attached hydrogen (secondary N) is 2. The van der Waals surface area contributed by atoms with Crippen LogP contribution in [0.3, 0.4) is 0 Å². The third-order valence-corrected chi connectivity index (χ3v) is 5.27. The maximum atomic E-state index is 5.75. The Morgan fingerprint density at radius 3 is 2.70 bits per heavy atom. The van der Waals surface area contributed by atoms with Gasteiger partial charge in [-0.3, -0.25) is 0 Å². The smallest absolute Gasteiger partial charge is 0.0718 e. The van der Waals surface area contributed by atoms with Crippen LogP contribution in [0.1, 0.15) is 18.4 Å². The Balaban J connectivity index is 1.68. The molecular weight excluding hydrogens is 404 g/mol. The van der Waals surface area contributed by atoms with Crippen molar-refractivity contribution in [3.8, 4) is 11.3 Å². The minimum Gasteiger partial charge on any atom is -0.381 e. The number of aromatic amines is 1. The highest BCUT2D eigenvalue weighted by Crippen LogP contribution is 2.31. The number of aromatic nitrogens is 1. The molecule has 2 heterocycles. The molecule has 27 heavy (non-hydrogen) atoms. The van der Waals surface area contributed by atoms with Crippen molar-refractivity contribution in [2.45, 2.75) is 25.5 Å². The predicted octanol–water partition coefficient (Wildman–Crippen LogP) is 5.34. The standard InChI is InChI=1S/C22H25BrN2O2/c23-8-11-27-15-16-12-18-14-20(17-4-2-1-3-5-17)25-22(18)21(13-16)24-19-6-9-26-10-7-19/h1-5,12-14,19,24-25H,6-11,15H2. The number of anilines is 1. The van der Waals surface area contributed by atoms with Crippen molar-refractivity contribution in [2.75, 3.05) is 30.5 Å². The Kier molecular flexibility index (Phi) is 6.12. The number of ether oxygens (including phenoxy) is 2. The second-order valence-electron chi connectivity index (χ2n) is 6.93. The van der Waals surface area contributed by atoms with E-state index in [1.165, 1.54) is 16.5 Å². The molecule has 5 heteroatoms. The Morgan fingerprint density at radius 2 is 1.93 bits per heavy atom.